The fraction of sp³-hybridized carbons (Fsp3) is 0.571. The first-order valence-corrected chi connectivity index (χ1v) is 6.29. The summed E-state index contributed by atoms with van der Waals surface area (Å²) in [6.07, 6.45) is 2.90. The molecule has 0 aliphatic rings. The second-order valence-electron chi connectivity index (χ2n) is 4.35. The third-order valence-corrected chi connectivity index (χ3v) is 2.98. The molecule has 0 aromatic heterocycles. The maximum Gasteiger partial charge on any atom is 0.163 e. The van der Waals surface area contributed by atoms with Gasteiger partial charge in [-0.1, -0.05) is 38.8 Å². The van der Waals surface area contributed by atoms with Crippen molar-refractivity contribution in [1.82, 2.24) is 5.32 Å². The highest BCUT2D eigenvalue weighted by molar-refractivity contribution is 5.27. The number of unbranched alkanes of at least 4 members (excludes halogenated alkanes) is 1. The van der Waals surface area contributed by atoms with Gasteiger partial charge in [0.15, 0.2) is 11.6 Å². The van der Waals surface area contributed by atoms with Crippen LogP contribution in [-0.4, -0.2) is 6.54 Å². The van der Waals surface area contributed by atoms with Crippen molar-refractivity contribution in [3.63, 3.8) is 0 Å². The van der Waals surface area contributed by atoms with E-state index < -0.39 is 11.6 Å². The highest BCUT2D eigenvalue weighted by atomic mass is 19.2. The Bertz CT molecular complexity index is 363. The quantitative estimate of drug-likeness (QED) is 0.790. The van der Waals surface area contributed by atoms with Gasteiger partial charge in [0.25, 0.3) is 0 Å². The van der Waals surface area contributed by atoms with Crippen LogP contribution in [-0.2, 0) is 0 Å². The lowest BCUT2D eigenvalue weighted by molar-refractivity contribution is 0.442. The van der Waals surface area contributed by atoms with Crippen molar-refractivity contribution < 1.29 is 8.78 Å². The number of hydrogen-bond acceptors (Lipinski definition) is 1. The number of halogens is 2. The largest absolute Gasteiger partial charge is 0.310 e. The first kappa shape index (κ1) is 14.1. The summed E-state index contributed by atoms with van der Waals surface area (Å²) >= 11 is 0. The average molecular weight is 241 g/mol. The van der Waals surface area contributed by atoms with Crippen LogP contribution < -0.4 is 5.32 Å². The molecule has 0 radical (unpaired) electrons. The van der Waals surface area contributed by atoms with Gasteiger partial charge in [0, 0.05) is 11.6 Å². The predicted molar refractivity (Wildman–Crippen MR) is 67.0 cm³/mol. The smallest absolute Gasteiger partial charge is 0.163 e. The number of rotatable bonds is 6. The van der Waals surface area contributed by atoms with E-state index in [9.17, 15) is 8.78 Å². The van der Waals surface area contributed by atoms with Crippen molar-refractivity contribution in [1.29, 1.82) is 0 Å². The minimum Gasteiger partial charge on any atom is -0.310 e. The zero-order valence-corrected chi connectivity index (χ0v) is 10.8. The van der Waals surface area contributed by atoms with Crippen LogP contribution in [0.25, 0.3) is 0 Å². The molecule has 17 heavy (non-hydrogen) atoms. The van der Waals surface area contributed by atoms with Crippen LogP contribution in [0.1, 0.15) is 50.3 Å². The van der Waals surface area contributed by atoms with Gasteiger partial charge in [-0.05, 0) is 25.5 Å². The Morgan fingerprint density at radius 1 is 1.18 bits per heavy atom. The van der Waals surface area contributed by atoms with E-state index in [0.29, 0.717) is 11.1 Å². The van der Waals surface area contributed by atoms with Crippen molar-refractivity contribution >= 4 is 0 Å². The summed E-state index contributed by atoms with van der Waals surface area (Å²) < 4.78 is 27.4. The van der Waals surface area contributed by atoms with Gasteiger partial charge < -0.3 is 5.32 Å². The molecular weight excluding hydrogens is 220 g/mol. The Balaban J connectivity index is 2.97. The molecule has 1 rings (SSSR count). The van der Waals surface area contributed by atoms with Crippen LogP contribution in [0.5, 0.6) is 0 Å². The van der Waals surface area contributed by atoms with E-state index in [4.69, 9.17) is 0 Å². The first-order valence-electron chi connectivity index (χ1n) is 6.29. The van der Waals surface area contributed by atoms with Gasteiger partial charge in [-0.3, -0.25) is 0 Å². The second-order valence-corrected chi connectivity index (χ2v) is 4.35. The maximum atomic E-state index is 13.8. The summed E-state index contributed by atoms with van der Waals surface area (Å²) in [5.74, 6) is -1.42. The molecule has 0 aliphatic carbocycles. The molecule has 1 N–H and O–H groups in total. The third-order valence-electron chi connectivity index (χ3n) is 2.98. The normalized spacial score (nSPS) is 12.8. The Kier molecular flexibility index (Phi) is 5.56. The molecule has 1 aromatic carbocycles. The predicted octanol–water partition coefficient (Wildman–Crippen LogP) is 4.11. The summed E-state index contributed by atoms with van der Waals surface area (Å²) in [5, 5.41) is 3.21. The molecular formula is C14H21F2N. The lowest BCUT2D eigenvalue weighted by Gasteiger charge is -2.19. The number of hydrogen-bond donors (Lipinski definition) is 1. The van der Waals surface area contributed by atoms with Crippen LogP contribution in [0.4, 0.5) is 8.78 Å². The molecule has 96 valence electrons. The van der Waals surface area contributed by atoms with Crippen LogP contribution in [0.15, 0.2) is 12.1 Å². The molecule has 0 spiro atoms. The van der Waals surface area contributed by atoms with Gasteiger partial charge >= 0.3 is 0 Å². The molecule has 0 fully saturated rings. The zero-order chi connectivity index (χ0) is 12.8. The minimum absolute atomic E-state index is 0.0879. The molecule has 0 bridgehead atoms. The molecule has 1 atom stereocenters. The molecule has 0 aliphatic heterocycles. The van der Waals surface area contributed by atoms with E-state index >= 15 is 0 Å². The lowest BCUT2D eigenvalue weighted by Crippen LogP contribution is -2.22. The Morgan fingerprint density at radius 2 is 1.88 bits per heavy atom. The summed E-state index contributed by atoms with van der Waals surface area (Å²) in [6.45, 7) is 6.40. The highest BCUT2D eigenvalue weighted by Gasteiger charge is 2.18. The summed E-state index contributed by atoms with van der Waals surface area (Å²) in [6, 6.07) is 3.25. The van der Waals surface area contributed by atoms with Gasteiger partial charge in [-0.2, -0.15) is 0 Å². The average Bonchev–Trinajstić information content (AvgIpc) is 2.32. The Labute approximate surface area is 102 Å². The van der Waals surface area contributed by atoms with Gasteiger partial charge in [-0.15, -0.1) is 0 Å². The standard InChI is InChI=1S/C14H21F2N/c1-4-6-7-12(17-5-2)11-9-8-10(3)13(15)14(11)16/h8-9,12,17H,4-7H2,1-3H3. The fourth-order valence-electron chi connectivity index (χ4n) is 1.95. The first-order chi connectivity index (χ1) is 8.11. The summed E-state index contributed by atoms with van der Waals surface area (Å²) in [4.78, 5) is 0. The van der Waals surface area contributed by atoms with Crippen molar-refractivity contribution in [2.24, 2.45) is 0 Å². The SMILES string of the molecule is CCCCC(NCC)c1ccc(C)c(F)c1F. The lowest BCUT2D eigenvalue weighted by atomic mass is 9.99. The van der Waals surface area contributed by atoms with Gasteiger partial charge in [0.05, 0.1) is 0 Å². The molecule has 0 amide bonds. The van der Waals surface area contributed by atoms with E-state index in [1.165, 1.54) is 0 Å². The van der Waals surface area contributed by atoms with E-state index in [0.717, 1.165) is 25.8 Å². The summed E-state index contributed by atoms with van der Waals surface area (Å²) in [7, 11) is 0. The Morgan fingerprint density at radius 3 is 2.47 bits per heavy atom. The number of benzene rings is 1. The zero-order valence-electron chi connectivity index (χ0n) is 10.8. The van der Waals surface area contributed by atoms with Gasteiger partial charge in [0.2, 0.25) is 0 Å². The van der Waals surface area contributed by atoms with E-state index in [2.05, 4.69) is 12.2 Å². The molecule has 0 heterocycles. The maximum absolute atomic E-state index is 13.8. The fourth-order valence-corrected chi connectivity index (χ4v) is 1.95. The van der Waals surface area contributed by atoms with Crippen LogP contribution in [0.3, 0.4) is 0 Å². The van der Waals surface area contributed by atoms with E-state index in [1.807, 2.05) is 6.92 Å². The van der Waals surface area contributed by atoms with Crippen molar-refractivity contribution in [2.75, 3.05) is 6.54 Å². The van der Waals surface area contributed by atoms with E-state index in [1.54, 1.807) is 19.1 Å². The van der Waals surface area contributed by atoms with Crippen LogP contribution >= 0.6 is 0 Å². The third kappa shape index (κ3) is 3.50. The van der Waals surface area contributed by atoms with Crippen molar-refractivity contribution in [3.8, 4) is 0 Å². The number of aryl methyl sites for hydroxylation is 1. The topological polar surface area (TPSA) is 12.0 Å². The van der Waals surface area contributed by atoms with E-state index in [-0.39, 0.29) is 6.04 Å². The Hall–Kier alpha value is -0.960. The molecule has 1 aromatic rings. The van der Waals surface area contributed by atoms with Gasteiger partial charge in [0.1, 0.15) is 0 Å². The van der Waals surface area contributed by atoms with Crippen molar-refractivity contribution in [3.05, 3.63) is 34.9 Å². The highest BCUT2D eigenvalue weighted by Crippen LogP contribution is 2.25. The molecule has 1 nitrogen and oxygen atoms in total. The monoisotopic (exact) mass is 241 g/mol. The molecule has 3 heteroatoms. The summed E-state index contributed by atoms with van der Waals surface area (Å²) in [5.41, 5.74) is 0.806. The molecule has 0 saturated heterocycles. The minimum atomic E-state index is -0.720. The second kappa shape index (κ2) is 6.70. The molecule has 1 unspecified atom stereocenters. The van der Waals surface area contributed by atoms with Crippen LogP contribution in [0, 0.1) is 18.6 Å². The van der Waals surface area contributed by atoms with Crippen molar-refractivity contribution in [2.45, 2.75) is 46.1 Å². The number of nitrogens with one attached hydrogen (secondary N) is 1. The van der Waals surface area contributed by atoms with Gasteiger partial charge in [-0.25, -0.2) is 8.78 Å². The molecule has 0 saturated carbocycles. The van der Waals surface area contributed by atoms with Crippen LogP contribution in [0.2, 0.25) is 0 Å².